The van der Waals surface area contributed by atoms with E-state index in [-0.39, 0.29) is 24.4 Å². The smallest absolute Gasteiger partial charge is 0.338 e. The Bertz CT molecular complexity index is 942. The normalized spacial score (nSPS) is 20.4. The van der Waals surface area contributed by atoms with E-state index in [4.69, 9.17) is 18.9 Å². The van der Waals surface area contributed by atoms with Gasteiger partial charge in [-0.25, -0.2) is 9.79 Å². The number of carbonyl (C=O) groups excluding carboxylic acids is 2. The fourth-order valence-electron chi connectivity index (χ4n) is 3.50. The van der Waals surface area contributed by atoms with Crippen molar-refractivity contribution in [2.24, 2.45) is 10.9 Å². The van der Waals surface area contributed by atoms with Crippen LogP contribution in [0.3, 0.4) is 0 Å². The average Bonchev–Trinajstić information content (AvgIpc) is 3.04. The van der Waals surface area contributed by atoms with Crippen LogP contribution >= 0.6 is 11.8 Å². The SMILES string of the molecule is COCCOC(=O)C1=C(C)N=C2S[C@@H](C)C(=O)N2[C@@H]1c1ccc(OCC(C)C)c(OC)c1. The molecule has 0 saturated carbocycles. The summed E-state index contributed by atoms with van der Waals surface area (Å²) < 4.78 is 21.8. The predicted octanol–water partition coefficient (Wildman–Crippen LogP) is 3.57. The van der Waals surface area contributed by atoms with Crippen molar-refractivity contribution in [3.05, 3.63) is 35.0 Å². The highest BCUT2D eigenvalue weighted by Gasteiger charge is 2.46. The minimum atomic E-state index is -0.671. The number of thioether (sulfide) groups is 1. The lowest BCUT2D eigenvalue weighted by Crippen LogP contribution is -2.40. The number of allylic oxidation sites excluding steroid dienone is 1. The molecule has 1 aromatic rings. The molecule has 1 saturated heterocycles. The number of hydrogen-bond donors (Lipinski definition) is 0. The molecule has 1 fully saturated rings. The van der Waals surface area contributed by atoms with Gasteiger partial charge in [0.25, 0.3) is 0 Å². The molecule has 2 atom stereocenters. The maximum atomic E-state index is 13.0. The first-order valence-electron chi connectivity index (χ1n) is 10.5. The summed E-state index contributed by atoms with van der Waals surface area (Å²) in [5.41, 5.74) is 1.57. The number of nitrogens with zero attached hydrogens (tertiary/aromatic N) is 2. The summed E-state index contributed by atoms with van der Waals surface area (Å²) in [7, 11) is 3.10. The van der Waals surface area contributed by atoms with Crippen molar-refractivity contribution >= 4 is 28.8 Å². The Morgan fingerprint density at radius 3 is 2.62 bits per heavy atom. The Hall–Kier alpha value is -2.52. The number of esters is 1. The Morgan fingerprint density at radius 1 is 1.22 bits per heavy atom. The third kappa shape index (κ3) is 4.94. The fourth-order valence-corrected chi connectivity index (χ4v) is 4.53. The number of aliphatic imine (C=N–C) groups is 1. The van der Waals surface area contributed by atoms with E-state index in [9.17, 15) is 9.59 Å². The van der Waals surface area contributed by atoms with Crippen LogP contribution < -0.4 is 9.47 Å². The van der Waals surface area contributed by atoms with Crippen molar-refractivity contribution in [1.82, 2.24) is 4.90 Å². The van der Waals surface area contributed by atoms with Crippen molar-refractivity contribution < 1.29 is 28.5 Å². The highest BCUT2D eigenvalue weighted by Crippen LogP contribution is 2.44. The van der Waals surface area contributed by atoms with Gasteiger partial charge in [0.15, 0.2) is 16.7 Å². The number of fused-ring (bicyclic) bond motifs is 1. The quantitative estimate of drug-likeness (QED) is 0.410. The molecule has 2 heterocycles. The number of amides is 1. The van der Waals surface area contributed by atoms with Crippen molar-refractivity contribution in [3.63, 3.8) is 0 Å². The highest BCUT2D eigenvalue weighted by molar-refractivity contribution is 8.15. The maximum absolute atomic E-state index is 13.0. The summed E-state index contributed by atoms with van der Waals surface area (Å²) in [6, 6.07) is 4.79. The molecule has 0 N–H and O–H groups in total. The molecule has 0 radical (unpaired) electrons. The number of ether oxygens (including phenoxy) is 4. The molecule has 174 valence electrons. The van der Waals surface area contributed by atoms with Gasteiger partial charge in [-0.3, -0.25) is 9.69 Å². The molecule has 0 spiro atoms. The van der Waals surface area contributed by atoms with Crippen LogP contribution in [-0.4, -0.2) is 61.2 Å². The standard InChI is InChI=1S/C23H30N2O6S/c1-13(2)12-31-17-8-7-16(11-18(17)29-6)20-19(22(27)30-10-9-28-5)14(3)24-23-25(20)21(26)15(4)32-23/h7-8,11,13,15,20H,9-10,12H2,1-6H3/t15-,20+/m0/s1. The Morgan fingerprint density at radius 2 is 1.97 bits per heavy atom. The predicted molar refractivity (Wildman–Crippen MR) is 123 cm³/mol. The molecule has 0 aromatic heterocycles. The third-order valence-corrected chi connectivity index (χ3v) is 6.13. The van der Waals surface area contributed by atoms with Gasteiger partial charge in [-0.15, -0.1) is 0 Å². The summed E-state index contributed by atoms with van der Waals surface area (Å²) >= 11 is 1.38. The third-order valence-electron chi connectivity index (χ3n) is 5.07. The fraction of sp³-hybridized carbons (Fsp3) is 0.522. The van der Waals surface area contributed by atoms with Gasteiger partial charge in [0.05, 0.1) is 42.9 Å². The lowest BCUT2D eigenvalue weighted by molar-refractivity contribution is -0.141. The van der Waals surface area contributed by atoms with Crippen LogP contribution in [0.1, 0.15) is 39.3 Å². The Kier molecular flexibility index (Phi) is 7.84. The van der Waals surface area contributed by atoms with Gasteiger partial charge in [-0.05, 0) is 37.5 Å². The first kappa shape index (κ1) is 24.1. The van der Waals surface area contributed by atoms with E-state index in [0.29, 0.717) is 46.0 Å². The second-order valence-electron chi connectivity index (χ2n) is 8.01. The number of carbonyl (C=O) groups is 2. The highest BCUT2D eigenvalue weighted by atomic mass is 32.2. The van der Waals surface area contributed by atoms with E-state index < -0.39 is 12.0 Å². The van der Waals surface area contributed by atoms with E-state index >= 15 is 0 Å². The molecular formula is C23H30N2O6S. The summed E-state index contributed by atoms with van der Waals surface area (Å²) in [6.07, 6.45) is 0. The zero-order valence-electron chi connectivity index (χ0n) is 19.3. The van der Waals surface area contributed by atoms with E-state index in [0.717, 1.165) is 0 Å². The van der Waals surface area contributed by atoms with Gasteiger partial charge >= 0.3 is 5.97 Å². The molecule has 1 aromatic carbocycles. The first-order valence-corrected chi connectivity index (χ1v) is 11.4. The minimum Gasteiger partial charge on any atom is -0.493 e. The summed E-state index contributed by atoms with van der Waals surface area (Å²) in [5.74, 6) is 0.868. The largest absolute Gasteiger partial charge is 0.493 e. The Labute approximate surface area is 192 Å². The number of benzene rings is 1. The maximum Gasteiger partial charge on any atom is 0.338 e. The minimum absolute atomic E-state index is 0.104. The summed E-state index contributed by atoms with van der Waals surface area (Å²) in [6.45, 7) is 8.66. The van der Waals surface area contributed by atoms with Crippen molar-refractivity contribution in [2.75, 3.05) is 34.0 Å². The average molecular weight is 463 g/mol. The van der Waals surface area contributed by atoms with Gasteiger partial charge in [0.1, 0.15) is 6.61 Å². The lowest BCUT2D eigenvalue weighted by atomic mass is 9.94. The molecule has 32 heavy (non-hydrogen) atoms. The zero-order valence-corrected chi connectivity index (χ0v) is 20.2. The van der Waals surface area contributed by atoms with Crippen LogP contribution in [0.5, 0.6) is 11.5 Å². The molecule has 2 aliphatic rings. The summed E-state index contributed by atoms with van der Waals surface area (Å²) in [5, 5.41) is 0.293. The molecule has 8 nitrogen and oxygen atoms in total. The lowest BCUT2D eigenvalue weighted by Gasteiger charge is -2.33. The van der Waals surface area contributed by atoms with Crippen LogP contribution in [0.25, 0.3) is 0 Å². The van der Waals surface area contributed by atoms with Gasteiger partial charge in [0.2, 0.25) is 5.91 Å². The van der Waals surface area contributed by atoms with E-state index in [1.165, 1.54) is 18.9 Å². The number of rotatable bonds is 9. The van der Waals surface area contributed by atoms with Crippen LogP contribution in [0.2, 0.25) is 0 Å². The van der Waals surface area contributed by atoms with Crippen molar-refractivity contribution in [1.29, 1.82) is 0 Å². The van der Waals surface area contributed by atoms with Crippen LogP contribution in [0.15, 0.2) is 34.5 Å². The van der Waals surface area contributed by atoms with Gasteiger partial charge < -0.3 is 18.9 Å². The molecule has 0 bridgehead atoms. The number of methoxy groups -OCH3 is 2. The Balaban J connectivity index is 2.03. The van der Waals surface area contributed by atoms with E-state index in [1.54, 1.807) is 25.0 Å². The first-order chi connectivity index (χ1) is 15.3. The van der Waals surface area contributed by atoms with Gasteiger partial charge in [0, 0.05) is 7.11 Å². The topological polar surface area (TPSA) is 86.7 Å². The molecule has 9 heteroatoms. The molecular weight excluding hydrogens is 432 g/mol. The van der Waals surface area contributed by atoms with E-state index in [1.807, 2.05) is 19.1 Å². The van der Waals surface area contributed by atoms with Gasteiger partial charge in [-0.2, -0.15) is 0 Å². The van der Waals surface area contributed by atoms with Crippen LogP contribution in [0, 0.1) is 5.92 Å². The van der Waals surface area contributed by atoms with Gasteiger partial charge in [-0.1, -0.05) is 31.7 Å². The molecule has 2 aliphatic heterocycles. The van der Waals surface area contributed by atoms with Crippen LogP contribution in [-0.2, 0) is 19.1 Å². The van der Waals surface area contributed by atoms with Crippen LogP contribution in [0.4, 0.5) is 0 Å². The molecule has 0 aliphatic carbocycles. The summed E-state index contributed by atoms with van der Waals surface area (Å²) in [4.78, 5) is 32.2. The second-order valence-corrected chi connectivity index (χ2v) is 9.32. The second kappa shape index (κ2) is 10.4. The molecule has 0 unspecified atom stereocenters. The van der Waals surface area contributed by atoms with Crippen molar-refractivity contribution in [2.45, 2.75) is 39.0 Å². The van der Waals surface area contributed by atoms with Crippen molar-refractivity contribution in [3.8, 4) is 11.5 Å². The molecule has 1 amide bonds. The molecule has 3 rings (SSSR count). The monoisotopic (exact) mass is 462 g/mol. The number of amidine groups is 1. The zero-order chi connectivity index (χ0) is 23.4. The number of hydrogen-bond acceptors (Lipinski definition) is 8. The van der Waals surface area contributed by atoms with E-state index in [2.05, 4.69) is 18.8 Å².